The Morgan fingerprint density at radius 3 is 2.48 bits per heavy atom. The lowest BCUT2D eigenvalue weighted by molar-refractivity contribution is -0.115. The Labute approximate surface area is 195 Å². The summed E-state index contributed by atoms with van der Waals surface area (Å²) in [5.74, 6) is 0.0594. The number of nitrogens with zero attached hydrogens (tertiary/aromatic N) is 4. The smallest absolute Gasteiger partial charge is 0.242 e. The van der Waals surface area contributed by atoms with Crippen LogP contribution in [0, 0.1) is 5.82 Å². The number of pyridine rings is 1. The van der Waals surface area contributed by atoms with Crippen molar-refractivity contribution < 1.29 is 13.9 Å². The number of anilines is 1. The van der Waals surface area contributed by atoms with Crippen LogP contribution >= 0.6 is 11.8 Å². The number of nitrogens with one attached hydrogen (secondary N) is 1. The van der Waals surface area contributed by atoms with Gasteiger partial charge >= 0.3 is 0 Å². The summed E-state index contributed by atoms with van der Waals surface area (Å²) in [6.07, 6.45) is 3.39. The van der Waals surface area contributed by atoms with Crippen molar-refractivity contribution in [2.45, 2.75) is 17.0 Å². The van der Waals surface area contributed by atoms with E-state index in [4.69, 9.17) is 4.74 Å². The molecule has 33 heavy (non-hydrogen) atoms. The van der Waals surface area contributed by atoms with Crippen LogP contribution in [0.4, 0.5) is 10.1 Å². The SMILES string of the molecule is COCCn1c(SC(C(=O)Nc2ccc(F)cc2)c2ccccc2)nnc1-c1ccncc1. The number of aromatic nitrogens is 4. The molecule has 0 saturated carbocycles. The molecule has 0 bridgehead atoms. The molecule has 0 aliphatic carbocycles. The summed E-state index contributed by atoms with van der Waals surface area (Å²) in [6, 6.07) is 18.8. The van der Waals surface area contributed by atoms with Crippen molar-refractivity contribution in [3.05, 3.63) is 90.5 Å². The highest BCUT2D eigenvalue weighted by Gasteiger charge is 2.26. The number of thioether (sulfide) groups is 1. The Morgan fingerprint density at radius 2 is 1.79 bits per heavy atom. The van der Waals surface area contributed by atoms with Crippen LogP contribution in [0.3, 0.4) is 0 Å². The van der Waals surface area contributed by atoms with E-state index in [-0.39, 0.29) is 11.7 Å². The predicted molar refractivity (Wildman–Crippen MR) is 125 cm³/mol. The lowest BCUT2D eigenvalue weighted by atomic mass is 10.1. The molecule has 1 atom stereocenters. The van der Waals surface area contributed by atoms with Gasteiger partial charge < -0.3 is 10.1 Å². The van der Waals surface area contributed by atoms with Gasteiger partial charge in [0.05, 0.1) is 13.2 Å². The Morgan fingerprint density at radius 1 is 1.06 bits per heavy atom. The fraction of sp³-hybridized carbons (Fsp3) is 0.167. The Hall–Kier alpha value is -3.56. The van der Waals surface area contributed by atoms with Crippen LogP contribution in [-0.2, 0) is 16.1 Å². The molecule has 7 nitrogen and oxygen atoms in total. The third kappa shape index (κ3) is 5.63. The van der Waals surface area contributed by atoms with Gasteiger partial charge in [-0.2, -0.15) is 0 Å². The third-order valence-electron chi connectivity index (χ3n) is 4.85. The average Bonchev–Trinajstić information content (AvgIpc) is 3.26. The van der Waals surface area contributed by atoms with Crippen LogP contribution in [0.2, 0.25) is 0 Å². The number of amides is 1. The second-order valence-corrected chi connectivity index (χ2v) is 8.16. The van der Waals surface area contributed by atoms with Crippen LogP contribution in [0.5, 0.6) is 0 Å². The quantitative estimate of drug-likeness (QED) is 0.366. The van der Waals surface area contributed by atoms with Crippen LogP contribution in [-0.4, -0.2) is 39.4 Å². The molecule has 0 radical (unpaired) electrons. The molecular formula is C24H22FN5O2S. The number of rotatable bonds is 9. The first-order valence-electron chi connectivity index (χ1n) is 10.3. The van der Waals surface area contributed by atoms with E-state index < -0.39 is 5.25 Å². The number of ether oxygens (including phenoxy) is 1. The van der Waals surface area contributed by atoms with Gasteiger partial charge in [-0.1, -0.05) is 42.1 Å². The van der Waals surface area contributed by atoms with Crippen LogP contribution in [0.15, 0.2) is 84.3 Å². The summed E-state index contributed by atoms with van der Waals surface area (Å²) in [6.45, 7) is 0.978. The maximum absolute atomic E-state index is 13.3. The van der Waals surface area contributed by atoms with E-state index in [0.717, 1.165) is 11.1 Å². The van der Waals surface area contributed by atoms with E-state index in [2.05, 4.69) is 20.5 Å². The number of hydrogen-bond acceptors (Lipinski definition) is 6. The Kier molecular flexibility index (Phi) is 7.43. The van der Waals surface area contributed by atoms with Gasteiger partial charge in [0.2, 0.25) is 5.91 Å². The van der Waals surface area contributed by atoms with Gasteiger partial charge in [-0.05, 0) is 42.0 Å². The molecule has 1 amide bonds. The maximum Gasteiger partial charge on any atom is 0.242 e. The van der Waals surface area contributed by atoms with E-state index in [1.54, 1.807) is 19.5 Å². The van der Waals surface area contributed by atoms with Gasteiger partial charge in [0.15, 0.2) is 11.0 Å². The maximum atomic E-state index is 13.3. The van der Waals surface area contributed by atoms with Gasteiger partial charge in [-0.3, -0.25) is 14.3 Å². The summed E-state index contributed by atoms with van der Waals surface area (Å²) >= 11 is 1.30. The second kappa shape index (κ2) is 10.8. The molecular weight excluding hydrogens is 441 g/mol. The van der Waals surface area contributed by atoms with Crippen molar-refractivity contribution in [2.24, 2.45) is 0 Å². The van der Waals surface area contributed by atoms with Crippen molar-refractivity contribution in [3.63, 3.8) is 0 Å². The van der Waals surface area contributed by atoms with Gasteiger partial charge in [-0.25, -0.2) is 4.39 Å². The summed E-state index contributed by atoms with van der Waals surface area (Å²) in [5, 5.41) is 11.6. The summed E-state index contributed by atoms with van der Waals surface area (Å²) in [4.78, 5) is 17.4. The first-order valence-corrected chi connectivity index (χ1v) is 11.1. The molecule has 0 fully saturated rings. The molecule has 4 aromatic rings. The molecule has 0 aliphatic rings. The van der Waals surface area contributed by atoms with Crippen LogP contribution < -0.4 is 5.32 Å². The molecule has 0 saturated heterocycles. The van der Waals surface area contributed by atoms with Crippen molar-refractivity contribution in [1.82, 2.24) is 19.7 Å². The fourth-order valence-electron chi connectivity index (χ4n) is 3.22. The van der Waals surface area contributed by atoms with Gasteiger partial charge in [0, 0.05) is 30.8 Å². The molecule has 1 N–H and O–H groups in total. The highest BCUT2D eigenvalue weighted by Crippen LogP contribution is 2.36. The number of methoxy groups -OCH3 is 1. The van der Waals surface area contributed by atoms with E-state index in [0.29, 0.717) is 29.8 Å². The summed E-state index contributed by atoms with van der Waals surface area (Å²) in [7, 11) is 1.63. The third-order valence-corrected chi connectivity index (χ3v) is 6.08. The first kappa shape index (κ1) is 22.6. The van der Waals surface area contributed by atoms with Crippen LogP contribution in [0.1, 0.15) is 10.8 Å². The fourth-order valence-corrected chi connectivity index (χ4v) is 4.28. The van der Waals surface area contributed by atoms with Gasteiger partial charge in [0.25, 0.3) is 0 Å². The Bertz CT molecular complexity index is 1190. The second-order valence-electron chi connectivity index (χ2n) is 7.09. The molecule has 0 spiro atoms. The highest BCUT2D eigenvalue weighted by atomic mass is 32.2. The number of benzene rings is 2. The minimum Gasteiger partial charge on any atom is -0.383 e. The molecule has 168 valence electrons. The molecule has 2 aromatic carbocycles. The number of halogens is 1. The monoisotopic (exact) mass is 463 g/mol. The topological polar surface area (TPSA) is 81.9 Å². The molecule has 2 heterocycles. The Balaban J connectivity index is 1.66. The van der Waals surface area contributed by atoms with Crippen molar-refractivity contribution >= 4 is 23.4 Å². The van der Waals surface area contributed by atoms with E-state index in [9.17, 15) is 9.18 Å². The van der Waals surface area contributed by atoms with Gasteiger partial charge in [-0.15, -0.1) is 10.2 Å². The summed E-state index contributed by atoms with van der Waals surface area (Å²) < 4.78 is 20.5. The molecule has 1 unspecified atom stereocenters. The lowest BCUT2D eigenvalue weighted by Gasteiger charge is -2.17. The molecule has 0 aliphatic heterocycles. The van der Waals surface area contributed by atoms with Crippen molar-refractivity contribution in [1.29, 1.82) is 0 Å². The zero-order chi connectivity index (χ0) is 23.0. The number of carbonyl (C=O) groups excluding carboxylic acids is 1. The first-order chi connectivity index (χ1) is 16.2. The summed E-state index contributed by atoms with van der Waals surface area (Å²) in [5.41, 5.74) is 2.20. The van der Waals surface area contributed by atoms with E-state index >= 15 is 0 Å². The lowest BCUT2D eigenvalue weighted by Crippen LogP contribution is -2.20. The minimum atomic E-state index is -0.605. The zero-order valence-electron chi connectivity index (χ0n) is 17.9. The van der Waals surface area contributed by atoms with E-state index in [1.807, 2.05) is 47.0 Å². The highest BCUT2D eigenvalue weighted by molar-refractivity contribution is 8.00. The predicted octanol–water partition coefficient (Wildman–Crippen LogP) is 4.60. The van der Waals surface area contributed by atoms with Crippen molar-refractivity contribution in [3.8, 4) is 11.4 Å². The average molecular weight is 464 g/mol. The van der Waals surface area contributed by atoms with Crippen LogP contribution in [0.25, 0.3) is 11.4 Å². The zero-order valence-corrected chi connectivity index (χ0v) is 18.7. The standard InChI is InChI=1S/C24H22FN5O2S/c1-32-16-15-30-22(18-11-13-26-14-12-18)28-29-24(30)33-21(17-5-3-2-4-6-17)23(31)27-20-9-7-19(25)8-10-20/h2-14,21H,15-16H2,1H3,(H,27,31). The number of hydrogen-bond donors (Lipinski definition) is 1. The van der Waals surface area contributed by atoms with E-state index in [1.165, 1.54) is 36.0 Å². The molecule has 2 aromatic heterocycles. The number of carbonyl (C=O) groups is 1. The largest absolute Gasteiger partial charge is 0.383 e. The van der Waals surface area contributed by atoms with Crippen molar-refractivity contribution in [2.75, 3.05) is 19.0 Å². The van der Waals surface area contributed by atoms with Gasteiger partial charge in [0.1, 0.15) is 11.1 Å². The molecule has 9 heteroatoms. The normalized spacial score (nSPS) is 11.8. The minimum absolute atomic E-state index is 0.246. The molecule has 4 rings (SSSR count).